The lowest BCUT2D eigenvalue weighted by Gasteiger charge is -2.18. The molecule has 0 spiro atoms. The van der Waals surface area contributed by atoms with Gasteiger partial charge in [-0.3, -0.25) is 4.99 Å². The molecule has 2 bridgehead atoms. The molecular weight excluding hydrogens is 266 g/mol. The lowest BCUT2D eigenvalue weighted by Crippen LogP contribution is -2.09. The molecule has 2 unspecified atom stereocenters. The van der Waals surface area contributed by atoms with Gasteiger partial charge >= 0.3 is 0 Å². The van der Waals surface area contributed by atoms with Gasteiger partial charge in [-0.05, 0) is 73.3 Å². The van der Waals surface area contributed by atoms with Gasteiger partial charge < -0.3 is 0 Å². The molecule has 0 aromatic heterocycles. The van der Waals surface area contributed by atoms with Gasteiger partial charge in [-0.1, -0.05) is 45.9 Å². The molecule has 2 atom stereocenters. The van der Waals surface area contributed by atoms with Crippen LogP contribution >= 0.6 is 0 Å². The molecule has 0 radical (unpaired) electrons. The zero-order chi connectivity index (χ0) is 15.7. The van der Waals surface area contributed by atoms with Crippen molar-refractivity contribution in [2.45, 2.75) is 66.2 Å². The van der Waals surface area contributed by atoms with E-state index in [1.54, 1.807) is 0 Å². The van der Waals surface area contributed by atoms with Crippen LogP contribution in [-0.4, -0.2) is 5.71 Å². The summed E-state index contributed by atoms with van der Waals surface area (Å²) in [6.07, 6.45) is 7.79. The molecule has 2 saturated carbocycles. The second kappa shape index (κ2) is 6.56. The Kier molecular flexibility index (Phi) is 4.70. The van der Waals surface area contributed by atoms with Gasteiger partial charge in [0.1, 0.15) is 0 Å². The Morgan fingerprint density at radius 3 is 2.09 bits per heavy atom. The minimum Gasteiger partial charge on any atom is -0.257 e. The van der Waals surface area contributed by atoms with Crippen molar-refractivity contribution < 1.29 is 0 Å². The highest BCUT2D eigenvalue weighted by atomic mass is 14.8. The summed E-state index contributed by atoms with van der Waals surface area (Å²) in [5.74, 6) is 3.11. The smallest absolute Gasteiger partial charge is 0.0693 e. The third-order valence-corrected chi connectivity index (χ3v) is 5.23. The molecule has 2 aliphatic rings. The maximum absolute atomic E-state index is 5.26. The molecule has 1 heteroatoms. The van der Waals surface area contributed by atoms with Gasteiger partial charge in [0.15, 0.2) is 0 Å². The number of rotatable bonds is 5. The minimum absolute atomic E-state index is 0.688. The molecule has 2 fully saturated rings. The standard InChI is InChI=1S/C21H31N/c1-14(2)10-18-6-5-7-19(11-15(3)4)21(18)22-20-13-16-8-9-17(20)12-16/h5-7,14-17H,8-13H2,1-4H3. The van der Waals surface area contributed by atoms with Crippen LogP contribution in [0.3, 0.4) is 0 Å². The predicted octanol–water partition coefficient (Wildman–Crippen LogP) is 5.98. The lowest BCUT2D eigenvalue weighted by molar-refractivity contribution is 0.591. The van der Waals surface area contributed by atoms with Crippen molar-refractivity contribution in [1.82, 2.24) is 0 Å². The van der Waals surface area contributed by atoms with Crippen LogP contribution in [0.25, 0.3) is 0 Å². The van der Waals surface area contributed by atoms with Gasteiger partial charge in [-0.2, -0.15) is 0 Å². The monoisotopic (exact) mass is 297 g/mol. The normalized spacial score (nSPS) is 25.8. The van der Waals surface area contributed by atoms with Crippen molar-refractivity contribution in [2.24, 2.45) is 28.7 Å². The van der Waals surface area contributed by atoms with Crippen LogP contribution in [0.5, 0.6) is 0 Å². The van der Waals surface area contributed by atoms with Gasteiger partial charge in [0.05, 0.1) is 5.69 Å². The van der Waals surface area contributed by atoms with Crippen molar-refractivity contribution in [3.63, 3.8) is 0 Å². The quantitative estimate of drug-likeness (QED) is 0.634. The number of fused-ring (bicyclic) bond motifs is 2. The van der Waals surface area contributed by atoms with E-state index in [1.165, 1.54) is 48.2 Å². The molecule has 3 rings (SSSR count). The Balaban J connectivity index is 1.96. The van der Waals surface area contributed by atoms with Gasteiger partial charge in [0, 0.05) is 5.71 Å². The summed E-state index contributed by atoms with van der Waals surface area (Å²) >= 11 is 0. The third kappa shape index (κ3) is 3.45. The predicted molar refractivity (Wildman–Crippen MR) is 96.1 cm³/mol. The second-order valence-corrected chi connectivity index (χ2v) is 8.30. The van der Waals surface area contributed by atoms with Crippen LogP contribution in [-0.2, 0) is 12.8 Å². The molecule has 1 aromatic carbocycles. The van der Waals surface area contributed by atoms with E-state index in [2.05, 4.69) is 45.9 Å². The highest BCUT2D eigenvalue weighted by Gasteiger charge is 2.36. The molecule has 0 amide bonds. The van der Waals surface area contributed by atoms with E-state index < -0.39 is 0 Å². The fourth-order valence-electron chi connectivity index (χ4n) is 4.30. The summed E-state index contributed by atoms with van der Waals surface area (Å²) in [4.78, 5) is 5.26. The number of benzene rings is 1. The van der Waals surface area contributed by atoms with Gasteiger partial charge in [0.2, 0.25) is 0 Å². The number of aliphatic imine (C=N–C) groups is 1. The van der Waals surface area contributed by atoms with Crippen molar-refractivity contribution >= 4 is 11.4 Å². The zero-order valence-electron chi connectivity index (χ0n) is 14.7. The van der Waals surface area contributed by atoms with E-state index in [4.69, 9.17) is 4.99 Å². The Morgan fingerprint density at radius 1 is 1.00 bits per heavy atom. The first-order chi connectivity index (χ1) is 10.5. The molecule has 0 heterocycles. The van der Waals surface area contributed by atoms with Crippen LogP contribution in [0, 0.1) is 23.7 Å². The van der Waals surface area contributed by atoms with Crippen LogP contribution in [0.4, 0.5) is 5.69 Å². The average molecular weight is 297 g/mol. The van der Waals surface area contributed by atoms with Crippen molar-refractivity contribution in [3.05, 3.63) is 29.3 Å². The summed E-state index contributed by atoms with van der Waals surface area (Å²) in [6.45, 7) is 9.24. The average Bonchev–Trinajstić information content (AvgIpc) is 3.03. The summed E-state index contributed by atoms with van der Waals surface area (Å²) in [6, 6.07) is 6.84. The largest absolute Gasteiger partial charge is 0.257 e. The van der Waals surface area contributed by atoms with Crippen LogP contribution in [0.1, 0.15) is 64.5 Å². The summed E-state index contributed by atoms with van der Waals surface area (Å²) in [5, 5.41) is 0. The Morgan fingerprint density at radius 2 is 1.64 bits per heavy atom. The van der Waals surface area contributed by atoms with Gasteiger partial charge in [-0.25, -0.2) is 0 Å². The topological polar surface area (TPSA) is 12.4 Å². The molecule has 2 aliphatic carbocycles. The van der Waals surface area contributed by atoms with Crippen LogP contribution < -0.4 is 0 Å². The summed E-state index contributed by atoms with van der Waals surface area (Å²) in [5.41, 5.74) is 5.76. The van der Waals surface area contributed by atoms with E-state index in [9.17, 15) is 0 Å². The van der Waals surface area contributed by atoms with Crippen LogP contribution in [0.2, 0.25) is 0 Å². The Hall–Kier alpha value is -1.11. The maximum Gasteiger partial charge on any atom is 0.0693 e. The van der Waals surface area contributed by atoms with Crippen molar-refractivity contribution in [2.75, 3.05) is 0 Å². The van der Waals surface area contributed by atoms with Crippen LogP contribution in [0.15, 0.2) is 23.2 Å². The van der Waals surface area contributed by atoms with Gasteiger partial charge in [-0.15, -0.1) is 0 Å². The molecule has 120 valence electrons. The molecule has 0 aliphatic heterocycles. The first kappa shape index (κ1) is 15.8. The highest BCUT2D eigenvalue weighted by molar-refractivity contribution is 5.92. The first-order valence-electron chi connectivity index (χ1n) is 9.21. The molecule has 0 saturated heterocycles. The number of para-hydroxylation sites is 1. The molecule has 1 aromatic rings. The van der Waals surface area contributed by atoms with E-state index >= 15 is 0 Å². The van der Waals surface area contributed by atoms with Gasteiger partial charge in [0.25, 0.3) is 0 Å². The van der Waals surface area contributed by atoms with E-state index in [-0.39, 0.29) is 0 Å². The van der Waals surface area contributed by atoms with E-state index in [1.807, 2.05) is 0 Å². The molecular formula is C21H31N. The molecule has 1 nitrogen and oxygen atoms in total. The van der Waals surface area contributed by atoms with E-state index in [0.29, 0.717) is 11.8 Å². The Bertz CT molecular complexity index is 525. The third-order valence-electron chi connectivity index (χ3n) is 5.23. The molecule has 22 heavy (non-hydrogen) atoms. The minimum atomic E-state index is 0.688. The number of hydrogen-bond donors (Lipinski definition) is 0. The van der Waals surface area contributed by atoms with Crippen molar-refractivity contribution in [3.8, 4) is 0 Å². The van der Waals surface area contributed by atoms with E-state index in [0.717, 1.165) is 24.7 Å². The Labute approximate surface area is 136 Å². The highest BCUT2D eigenvalue weighted by Crippen LogP contribution is 2.44. The molecule has 0 N–H and O–H groups in total. The lowest BCUT2D eigenvalue weighted by atomic mass is 9.93. The second-order valence-electron chi connectivity index (χ2n) is 8.30. The first-order valence-corrected chi connectivity index (χ1v) is 9.21. The summed E-state index contributed by atoms with van der Waals surface area (Å²) in [7, 11) is 0. The number of nitrogens with zero attached hydrogens (tertiary/aromatic N) is 1. The maximum atomic E-state index is 5.26. The fraction of sp³-hybridized carbons (Fsp3) is 0.667. The zero-order valence-corrected chi connectivity index (χ0v) is 14.7. The SMILES string of the molecule is CC(C)Cc1cccc(CC(C)C)c1N=C1CC2CCC1C2. The fourth-order valence-corrected chi connectivity index (χ4v) is 4.30. The summed E-state index contributed by atoms with van der Waals surface area (Å²) < 4.78 is 0. The number of hydrogen-bond acceptors (Lipinski definition) is 1. The van der Waals surface area contributed by atoms with Crippen molar-refractivity contribution in [1.29, 1.82) is 0 Å².